The van der Waals surface area contributed by atoms with E-state index >= 15 is 0 Å². The number of ether oxygens (including phenoxy) is 1. The molecule has 2 aromatic rings. The second-order valence-corrected chi connectivity index (χ2v) is 7.08. The fraction of sp³-hybridized carbons (Fsp3) is 0.400. The molecule has 1 aromatic heterocycles. The molecule has 0 aliphatic carbocycles. The number of anilines is 1. The Hall–Kier alpha value is -2.56. The number of carbonyl (C=O) groups excluding carboxylic acids is 1. The maximum absolute atomic E-state index is 12.5. The van der Waals surface area contributed by atoms with Gasteiger partial charge in [-0.3, -0.25) is 4.98 Å². The summed E-state index contributed by atoms with van der Waals surface area (Å²) in [5.74, 6) is 0.608. The van der Waals surface area contributed by atoms with Crippen LogP contribution in [0.2, 0.25) is 0 Å². The molecule has 1 aromatic carbocycles. The summed E-state index contributed by atoms with van der Waals surface area (Å²) in [6.45, 7) is 3.58. The van der Waals surface area contributed by atoms with E-state index in [0.717, 1.165) is 39.0 Å². The van der Waals surface area contributed by atoms with Gasteiger partial charge in [-0.25, -0.2) is 4.79 Å². The lowest BCUT2D eigenvalue weighted by atomic mass is 9.79. The highest BCUT2D eigenvalue weighted by Crippen LogP contribution is 2.40. The SMILES string of the molecule is O=C(Oc1ccccc1)N1CCC[C@@]2(CCN(c3ccncc3)C2)C1. The summed E-state index contributed by atoms with van der Waals surface area (Å²) < 4.78 is 5.53. The maximum atomic E-state index is 12.5. The number of aromatic nitrogens is 1. The van der Waals surface area contributed by atoms with Gasteiger partial charge in [0, 0.05) is 49.7 Å². The molecular formula is C20H23N3O2. The molecule has 2 saturated heterocycles. The Labute approximate surface area is 148 Å². The van der Waals surface area contributed by atoms with Gasteiger partial charge in [0.25, 0.3) is 0 Å². The maximum Gasteiger partial charge on any atom is 0.415 e. The molecule has 3 heterocycles. The van der Waals surface area contributed by atoms with Crippen molar-refractivity contribution in [2.24, 2.45) is 5.41 Å². The van der Waals surface area contributed by atoms with E-state index in [4.69, 9.17) is 4.74 Å². The second kappa shape index (κ2) is 6.75. The number of hydrogen-bond donors (Lipinski definition) is 0. The highest BCUT2D eigenvalue weighted by Gasteiger charge is 2.43. The summed E-state index contributed by atoms with van der Waals surface area (Å²) in [7, 11) is 0. The van der Waals surface area contributed by atoms with Crippen LogP contribution in [0.1, 0.15) is 19.3 Å². The predicted octanol–water partition coefficient (Wildman–Crippen LogP) is 3.57. The van der Waals surface area contributed by atoms with Gasteiger partial charge in [0.05, 0.1) is 0 Å². The van der Waals surface area contributed by atoms with Gasteiger partial charge in [-0.2, -0.15) is 0 Å². The largest absolute Gasteiger partial charge is 0.415 e. The highest BCUT2D eigenvalue weighted by molar-refractivity contribution is 5.71. The zero-order chi connectivity index (χ0) is 17.1. The Morgan fingerprint density at radius 1 is 1.00 bits per heavy atom. The Morgan fingerprint density at radius 3 is 2.60 bits per heavy atom. The molecule has 4 rings (SSSR count). The van der Waals surface area contributed by atoms with Crippen LogP contribution >= 0.6 is 0 Å². The highest BCUT2D eigenvalue weighted by atomic mass is 16.6. The minimum absolute atomic E-state index is 0.178. The van der Waals surface area contributed by atoms with Crippen molar-refractivity contribution >= 4 is 11.8 Å². The minimum atomic E-state index is -0.229. The minimum Gasteiger partial charge on any atom is -0.410 e. The molecule has 1 atom stereocenters. The Balaban J connectivity index is 1.42. The van der Waals surface area contributed by atoms with Crippen molar-refractivity contribution in [2.75, 3.05) is 31.1 Å². The third-order valence-corrected chi connectivity index (χ3v) is 5.33. The molecule has 0 bridgehead atoms. The van der Waals surface area contributed by atoms with E-state index in [0.29, 0.717) is 5.75 Å². The molecule has 0 N–H and O–H groups in total. The molecule has 2 aliphatic rings. The summed E-state index contributed by atoms with van der Waals surface area (Å²) in [4.78, 5) is 20.9. The molecule has 0 saturated carbocycles. The summed E-state index contributed by atoms with van der Waals surface area (Å²) in [6.07, 6.45) is 6.77. The standard InChI is InChI=1S/C20H23N3O2/c24-19(25-18-5-2-1-3-6-18)23-13-4-9-20(16-23)10-14-22(15-20)17-7-11-21-12-8-17/h1-3,5-8,11-12H,4,9-10,13-16H2/t20-/m0/s1. The topological polar surface area (TPSA) is 45.7 Å². The Morgan fingerprint density at radius 2 is 1.80 bits per heavy atom. The fourth-order valence-corrected chi connectivity index (χ4v) is 4.06. The van der Waals surface area contributed by atoms with E-state index in [-0.39, 0.29) is 11.5 Å². The molecule has 5 heteroatoms. The van der Waals surface area contributed by atoms with Gasteiger partial charge in [-0.1, -0.05) is 18.2 Å². The first-order valence-electron chi connectivity index (χ1n) is 8.91. The molecule has 2 aliphatic heterocycles. The zero-order valence-electron chi connectivity index (χ0n) is 14.3. The number of benzene rings is 1. The molecule has 1 amide bonds. The smallest absolute Gasteiger partial charge is 0.410 e. The molecule has 1 spiro atoms. The van der Waals surface area contributed by atoms with Crippen LogP contribution in [0, 0.1) is 5.41 Å². The lowest BCUT2D eigenvalue weighted by molar-refractivity contribution is 0.0926. The fourth-order valence-electron chi connectivity index (χ4n) is 4.06. The van der Waals surface area contributed by atoms with Gasteiger partial charge in [0.2, 0.25) is 0 Å². The van der Waals surface area contributed by atoms with Crippen molar-refractivity contribution in [1.82, 2.24) is 9.88 Å². The number of hydrogen-bond acceptors (Lipinski definition) is 4. The van der Waals surface area contributed by atoms with Gasteiger partial charge in [-0.15, -0.1) is 0 Å². The van der Waals surface area contributed by atoms with Crippen molar-refractivity contribution < 1.29 is 9.53 Å². The summed E-state index contributed by atoms with van der Waals surface area (Å²) in [6, 6.07) is 13.4. The number of amides is 1. The van der Waals surface area contributed by atoms with Gasteiger partial charge in [0.1, 0.15) is 5.75 Å². The molecule has 0 radical (unpaired) electrons. The average Bonchev–Trinajstić information content (AvgIpc) is 3.06. The van der Waals surface area contributed by atoms with Crippen LogP contribution in [0.5, 0.6) is 5.75 Å². The first-order valence-corrected chi connectivity index (χ1v) is 8.91. The lowest BCUT2D eigenvalue weighted by Crippen LogP contribution is -2.48. The Kier molecular flexibility index (Phi) is 4.30. The molecule has 25 heavy (non-hydrogen) atoms. The van der Waals surface area contributed by atoms with Crippen LogP contribution in [0.4, 0.5) is 10.5 Å². The monoisotopic (exact) mass is 337 g/mol. The number of piperidine rings is 1. The van der Waals surface area contributed by atoms with E-state index in [1.165, 1.54) is 12.1 Å². The van der Waals surface area contributed by atoms with Crippen LogP contribution in [0.15, 0.2) is 54.9 Å². The van der Waals surface area contributed by atoms with E-state index in [1.807, 2.05) is 47.6 Å². The first kappa shape index (κ1) is 15.9. The zero-order valence-corrected chi connectivity index (χ0v) is 14.3. The summed E-state index contributed by atoms with van der Waals surface area (Å²) in [5, 5.41) is 0. The summed E-state index contributed by atoms with van der Waals surface area (Å²) in [5.41, 5.74) is 1.40. The van der Waals surface area contributed by atoms with Gasteiger partial charge >= 0.3 is 6.09 Å². The average molecular weight is 337 g/mol. The molecular weight excluding hydrogens is 314 g/mol. The lowest BCUT2D eigenvalue weighted by Gasteiger charge is -2.39. The predicted molar refractivity (Wildman–Crippen MR) is 96.8 cm³/mol. The van der Waals surface area contributed by atoms with E-state index in [9.17, 15) is 4.79 Å². The van der Waals surface area contributed by atoms with Crippen LogP contribution < -0.4 is 9.64 Å². The van der Waals surface area contributed by atoms with Crippen molar-refractivity contribution in [3.05, 3.63) is 54.9 Å². The van der Waals surface area contributed by atoms with Crippen LogP contribution in [-0.4, -0.2) is 42.2 Å². The van der Waals surface area contributed by atoms with Gasteiger partial charge in [-0.05, 0) is 43.5 Å². The third-order valence-electron chi connectivity index (χ3n) is 5.33. The molecule has 0 unspecified atom stereocenters. The van der Waals surface area contributed by atoms with E-state index in [2.05, 4.69) is 22.0 Å². The normalized spacial score (nSPS) is 23.0. The Bertz CT molecular complexity index is 722. The number of carbonyl (C=O) groups is 1. The number of nitrogens with zero attached hydrogens (tertiary/aromatic N) is 3. The van der Waals surface area contributed by atoms with Crippen LogP contribution in [0.25, 0.3) is 0 Å². The van der Waals surface area contributed by atoms with Crippen molar-refractivity contribution in [3.63, 3.8) is 0 Å². The number of likely N-dealkylation sites (tertiary alicyclic amines) is 1. The van der Waals surface area contributed by atoms with E-state index < -0.39 is 0 Å². The molecule has 5 nitrogen and oxygen atoms in total. The van der Waals surface area contributed by atoms with Gasteiger partial charge in [0.15, 0.2) is 0 Å². The quantitative estimate of drug-likeness (QED) is 0.840. The first-order chi connectivity index (χ1) is 12.2. The number of para-hydroxylation sites is 1. The third kappa shape index (κ3) is 3.45. The van der Waals surface area contributed by atoms with Gasteiger partial charge < -0.3 is 14.5 Å². The molecule has 130 valence electrons. The summed E-state index contributed by atoms with van der Waals surface area (Å²) >= 11 is 0. The van der Waals surface area contributed by atoms with Crippen molar-refractivity contribution in [1.29, 1.82) is 0 Å². The van der Waals surface area contributed by atoms with E-state index in [1.54, 1.807) is 0 Å². The number of pyridine rings is 1. The second-order valence-electron chi connectivity index (χ2n) is 7.08. The van der Waals surface area contributed by atoms with Crippen LogP contribution in [0.3, 0.4) is 0 Å². The van der Waals surface area contributed by atoms with Crippen molar-refractivity contribution in [3.8, 4) is 5.75 Å². The van der Waals surface area contributed by atoms with Crippen molar-refractivity contribution in [2.45, 2.75) is 19.3 Å². The van der Waals surface area contributed by atoms with Crippen LogP contribution in [-0.2, 0) is 0 Å². The molecule has 2 fully saturated rings. The number of rotatable bonds is 2.